The molecule has 1 nitrogen and oxygen atoms in total. The maximum Gasteiger partial charge on any atom is 0.0335 e. The van der Waals surface area contributed by atoms with E-state index in [0.717, 1.165) is 6.42 Å². The molecule has 0 aromatic heterocycles. The average Bonchev–Trinajstić information content (AvgIpc) is 2.06. The Hall–Kier alpha value is -1.08. The van der Waals surface area contributed by atoms with Crippen molar-refractivity contribution < 1.29 is 0 Å². The highest BCUT2D eigenvalue weighted by Crippen LogP contribution is 2.24. The molecule has 0 fully saturated rings. The molecule has 1 aliphatic rings. The Morgan fingerprint density at radius 2 is 2.09 bits per heavy atom. The Morgan fingerprint density at radius 1 is 1.27 bits per heavy atom. The monoisotopic (exact) mass is 145 g/mol. The van der Waals surface area contributed by atoms with Crippen LogP contribution in [0.3, 0.4) is 0 Å². The maximum absolute atomic E-state index is 5.90. The summed E-state index contributed by atoms with van der Waals surface area (Å²) < 4.78 is 0. The predicted octanol–water partition coefficient (Wildman–Crippen LogP) is 2.10. The minimum Gasteiger partial charge on any atom is -0.324 e. The van der Waals surface area contributed by atoms with Crippen molar-refractivity contribution >= 4 is 6.08 Å². The van der Waals surface area contributed by atoms with Crippen LogP contribution in [0.15, 0.2) is 30.3 Å². The highest BCUT2D eigenvalue weighted by molar-refractivity contribution is 5.57. The normalized spacial score (nSPS) is 21.4. The minimum atomic E-state index is 0.205. The Balaban J connectivity index is 2.54. The largest absolute Gasteiger partial charge is 0.324 e. The molecular formula is C10H11N. The lowest BCUT2D eigenvalue weighted by atomic mass is 9.94. The molecule has 1 unspecified atom stereocenters. The summed E-state index contributed by atoms with van der Waals surface area (Å²) in [6.07, 6.45) is 5.24. The molecule has 0 amide bonds. The van der Waals surface area contributed by atoms with Crippen molar-refractivity contribution in [1.29, 1.82) is 0 Å². The van der Waals surface area contributed by atoms with E-state index in [9.17, 15) is 0 Å². The zero-order chi connectivity index (χ0) is 7.68. The number of hydrogen-bond acceptors (Lipinski definition) is 1. The smallest absolute Gasteiger partial charge is 0.0335 e. The van der Waals surface area contributed by atoms with Crippen LogP contribution in [-0.4, -0.2) is 0 Å². The van der Waals surface area contributed by atoms with Gasteiger partial charge in [0.05, 0.1) is 0 Å². The van der Waals surface area contributed by atoms with Crippen LogP contribution in [0.4, 0.5) is 0 Å². The molecule has 11 heavy (non-hydrogen) atoms. The lowest BCUT2D eigenvalue weighted by Crippen LogP contribution is -2.12. The summed E-state index contributed by atoms with van der Waals surface area (Å²) >= 11 is 0. The van der Waals surface area contributed by atoms with Crippen LogP contribution in [0.25, 0.3) is 6.08 Å². The Kier molecular flexibility index (Phi) is 1.51. The first-order valence-corrected chi connectivity index (χ1v) is 3.89. The van der Waals surface area contributed by atoms with Crippen LogP contribution in [0.2, 0.25) is 0 Å². The molecule has 1 aliphatic carbocycles. The Bertz CT molecular complexity index is 289. The molecule has 0 bridgehead atoms. The molecule has 1 heteroatoms. The Labute approximate surface area is 66.5 Å². The van der Waals surface area contributed by atoms with Crippen LogP contribution in [0.5, 0.6) is 0 Å². The van der Waals surface area contributed by atoms with E-state index in [1.54, 1.807) is 0 Å². The van der Waals surface area contributed by atoms with E-state index in [2.05, 4.69) is 24.3 Å². The topological polar surface area (TPSA) is 26.0 Å². The van der Waals surface area contributed by atoms with Crippen molar-refractivity contribution in [3.05, 3.63) is 41.5 Å². The van der Waals surface area contributed by atoms with E-state index in [-0.39, 0.29) is 6.04 Å². The third-order valence-electron chi connectivity index (χ3n) is 2.08. The standard InChI is InChI=1S/C10H11N/c11-10-7-3-5-8-4-1-2-6-9(8)10/h1-6,10H,7,11H2. The maximum atomic E-state index is 5.90. The summed E-state index contributed by atoms with van der Waals surface area (Å²) in [6.45, 7) is 0. The van der Waals surface area contributed by atoms with Gasteiger partial charge in [-0.15, -0.1) is 0 Å². The lowest BCUT2D eigenvalue weighted by Gasteiger charge is -2.16. The average molecular weight is 145 g/mol. The van der Waals surface area contributed by atoms with Gasteiger partial charge in [0.25, 0.3) is 0 Å². The van der Waals surface area contributed by atoms with Gasteiger partial charge >= 0.3 is 0 Å². The third-order valence-corrected chi connectivity index (χ3v) is 2.08. The summed E-state index contributed by atoms with van der Waals surface area (Å²) in [4.78, 5) is 0. The van der Waals surface area contributed by atoms with Crippen molar-refractivity contribution in [2.45, 2.75) is 12.5 Å². The minimum absolute atomic E-state index is 0.205. The molecular weight excluding hydrogens is 134 g/mol. The number of nitrogens with two attached hydrogens (primary N) is 1. The zero-order valence-electron chi connectivity index (χ0n) is 6.33. The second kappa shape index (κ2) is 2.51. The summed E-state index contributed by atoms with van der Waals surface area (Å²) in [5.74, 6) is 0. The fourth-order valence-electron chi connectivity index (χ4n) is 1.47. The molecule has 0 heterocycles. The van der Waals surface area contributed by atoms with E-state index in [1.165, 1.54) is 11.1 Å². The van der Waals surface area contributed by atoms with Gasteiger partial charge in [0.2, 0.25) is 0 Å². The molecule has 1 aromatic rings. The first kappa shape index (κ1) is 6.62. The molecule has 0 saturated heterocycles. The van der Waals surface area contributed by atoms with Crippen molar-refractivity contribution in [3.8, 4) is 0 Å². The molecule has 2 rings (SSSR count). The predicted molar refractivity (Wildman–Crippen MR) is 47.0 cm³/mol. The van der Waals surface area contributed by atoms with Crippen LogP contribution in [-0.2, 0) is 0 Å². The molecule has 1 atom stereocenters. The number of fused-ring (bicyclic) bond motifs is 1. The van der Waals surface area contributed by atoms with E-state index in [0.29, 0.717) is 0 Å². The van der Waals surface area contributed by atoms with Gasteiger partial charge in [-0.3, -0.25) is 0 Å². The van der Waals surface area contributed by atoms with Gasteiger partial charge in [-0.1, -0.05) is 36.4 Å². The van der Waals surface area contributed by atoms with Crippen molar-refractivity contribution in [2.75, 3.05) is 0 Å². The summed E-state index contributed by atoms with van der Waals surface area (Å²) in [7, 11) is 0. The van der Waals surface area contributed by atoms with Crippen LogP contribution in [0, 0.1) is 0 Å². The highest BCUT2D eigenvalue weighted by Gasteiger charge is 2.10. The van der Waals surface area contributed by atoms with E-state index in [4.69, 9.17) is 5.73 Å². The van der Waals surface area contributed by atoms with E-state index < -0.39 is 0 Å². The van der Waals surface area contributed by atoms with Gasteiger partial charge in [0.15, 0.2) is 0 Å². The molecule has 1 aromatic carbocycles. The molecule has 0 saturated carbocycles. The lowest BCUT2D eigenvalue weighted by molar-refractivity contribution is 0.733. The van der Waals surface area contributed by atoms with Crippen molar-refractivity contribution in [2.24, 2.45) is 5.73 Å². The summed E-state index contributed by atoms with van der Waals surface area (Å²) in [5, 5.41) is 0. The van der Waals surface area contributed by atoms with Gasteiger partial charge in [-0.25, -0.2) is 0 Å². The fraction of sp³-hybridized carbons (Fsp3) is 0.200. The highest BCUT2D eigenvalue weighted by atomic mass is 14.6. The summed E-state index contributed by atoms with van der Waals surface area (Å²) in [5.41, 5.74) is 8.44. The van der Waals surface area contributed by atoms with Crippen molar-refractivity contribution in [3.63, 3.8) is 0 Å². The second-order valence-electron chi connectivity index (χ2n) is 2.87. The van der Waals surface area contributed by atoms with Gasteiger partial charge in [0, 0.05) is 6.04 Å². The summed E-state index contributed by atoms with van der Waals surface area (Å²) in [6, 6.07) is 8.49. The first-order valence-electron chi connectivity index (χ1n) is 3.89. The quantitative estimate of drug-likeness (QED) is 0.594. The van der Waals surface area contributed by atoms with Gasteiger partial charge in [-0.05, 0) is 17.5 Å². The number of rotatable bonds is 0. The van der Waals surface area contributed by atoms with Gasteiger partial charge < -0.3 is 5.73 Å². The fourth-order valence-corrected chi connectivity index (χ4v) is 1.47. The first-order chi connectivity index (χ1) is 5.38. The molecule has 0 radical (unpaired) electrons. The second-order valence-corrected chi connectivity index (χ2v) is 2.87. The van der Waals surface area contributed by atoms with Gasteiger partial charge in [0.1, 0.15) is 0 Å². The molecule has 0 aliphatic heterocycles. The van der Waals surface area contributed by atoms with E-state index in [1.807, 2.05) is 12.1 Å². The van der Waals surface area contributed by atoms with E-state index >= 15 is 0 Å². The van der Waals surface area contributed by atoms with Crippen LogP contribution >= 0.6 is 0 Å². The van der Waals surface area contributed by atoms with Gasteiger partial charge in [-0.2, -0.15) is 0 Å². The van der Waals surface area contributed by atoms with Crippen LogP contribution in [0.1, 0.15) is 23.6 Å². The SMILES string of the molecule is NC1CC=Cc2ccccc21. The zero-order valence-corrected chi connectivity index (χ0v) is 6.33. The Morgan fingerprint density at radius 3 is 2.91 bits per heavy atom. The van der Waals surface area contributed by atoms with Crippen LogP contribution < -0.4 is 5.73 Å². The molecule has 0 spiro atoms. The third kappa shape index (κ3) is 1.08. The number of hydrogen-bond donors (Lipinski definition) is 1. The van der Waals surface area contributed by atoms with Crippen molar-refractivity contribution in [1.82, 2.24) is 0 Å². The number of benzene rings is 1. The molecule has 2 N–H and O–H groups in total. The molecule has 56 valence electrons.